The van der Waals surface area contributed by atoms with Crippen LogP contribution in [0.2, 0.25) is 0 Å². The molecule has 0 aliphatic rings. The van der Waals surface area contributed by atoms with Crippen LogP contribution in [0, 0.1) is 11.3 Å². The fraction of sp³-hybridized carbons (Fsp3) is 0.615. The highest BCUT2D eigenvalue weighted by molar-refractivity contribution is 5.47. The van der Waals surface area contributed by atoms with Crippen molar-refractivity contribution in [1.29, 1.82) is 5.26 Å². The summed E-state index contributed by atoms with van der Waals surface area (Å²) in [7, 11) is 1.91. The van der Waals surface area contributed by atoms with Gasteiger partial charge in [0.1, 0.15) is 17.5 Å². The maximum atomic E-state index is 8.74. The quantitative estimate of drug-likeness (QED) is 0.884. The number of nitriles is 1. The average Bonchev–Trinajstić information content (AvgIpc) is 2.26. The van der Waals surface area contributed by atoms with Crippen LogP contribution in [-0.4, -0.2) is 23.1 Å². The molecule has 0 aliphatic carbocycles. The second-order valence-corrected chi connectivity index (χ2v) is 5.55. The van der Waals surface area contributed by atoms with Gasteiger partial charge in [0.05, 0.1) is 12.5 Å². The molecule has 0 saturated carbocycles. The van der Waals surface area contributed by atoms with E-state index in [1.165, 1.54) is 0 Å². The second-order valence-electron chi connectivity index (χ2n) is 5.55. The SMILES string of the molecule is CC(CC#N)N(C)c1cc(N)nc(C(C)(C)C)n1. The first kappa shape index (κ1) is 14.2. The molecule has 1 aromatic heterocycles. The number of aromatic nitrogens is 2. The minimum Gasteiger partial charge on any atom is -0.384 e. The molecule has 2 N–H and O–H groups in total. The Kier molecular flexibility index (Phi) is 4.12. The van der Waals surface area contributed by atoms with Crippen LogP contribution in [0.3, 0.4) is 0 Å². The van der Waals surface area contributed by atoms with Crippen molar-refractivity contribution < 1.29 is 0 Å². The van der Waals surface area contributed by atoms with Gasteiger partial charge >= 0.3 is 0 Å². The first-order chi connectivity index (χ1) is 8.25. The molecule has 0 aromatic carbocycles. The summed E-state index contributed by atoms with van der Waals surface area (Å²) in [6.07, 6.45) is 0.450. The minimum absolute atomic E-state index is 0.0946. The van der Waals surface area contributed by atoms with Crippen LogP contribution >= 0.6 is 0 Å². The van der Waals surface area contributed by atoms with Gasteiger partial charge in [0.25, 0.3) is 0 Å². The summed E-state index contributed by atoms with van der Waals surface area (Å²) < 4.78 is 0. The molecule has 1 atom stereocenters. The molecular formula is C13H21N5. The van der Waals surface area contributed by atoms with Gasteiger partial charge < -0.3 is 10.6 Å². The lowest BCUT2D eigenvalue weighted by molar-refractivity contribution is 0.544. The molecule has 1 aromatic rings. The van der Waals surface area contributed by atoms with Gasteiger partial charge in [-0.05, 0) is 6.92 Å². The minimum atomic E-state index is -0.149. The van der Waals surface area contributed by atoms with Crippen molar-refractivity contribution in [2.45, 2.75) is 45.6 Å². The Morgan fingerprint density at radius 2 is 2.06 bits per heavy atom. The Hall–Kier alpha value is -1.83. The fourth-order valence-electron chi connectivity index (χ4n) is 1.46. The van der Waals surface area contributed by atoms with Crippen LogP contribution in [0.4, 0.5) is 11.6 Å². The first-order valence-electron chi connectivity index (χ1n) is 6.00. The third-order valence-electron chi connectivity index (χ3n) is 2.81. The standard InChI is InChI=1S/C13H21N5/c1-9(6-7-14)18(5)11-8-10(15)16-12(17-11)13(2,3)4/h8-9H,6H2,1-5H3,(H2,15,16,17). The molecule has 0 amide bonds. The summed E-state index contributed by atoms with van der Waals surface area (Å²) in [6.45, 7) is 8.12. The van der Waals surface area contributed by atoms with Gasteiger partial charge in [-0.15, -0.1) is 0 Å². The predicted molar refractivity (Wildman–Crippen MR) is 73.2 cm³/mol. The largest absolute Gasteiger partial charge is 0.384 e. The highest BCUT2D eigenvalue weighted by Gasteiger charge is 2.20. The van der Waals surface area contributed by atoms with Crippen molar-refractivity contribution >= 4 is 11.6 Å². The van der Waals surface area contributed by atoms with E-state index < -0.39 is 0 Å². The van der Waals surface area contributed by atoms with E-state index in [4.69, 9.17) is 11.0 Å². The van der Waals surface area contributed by atoms with E-state index in [1.807, 2.05) is 39.6 Å². The molecule has 1 rings (SSSR count). The van der Waals surface area contributed by atoms with Gasteiger partial charge in [0.2, 0.25) is 0 Å². The number of nitrogens with zero attached hydrogens (tertiary/aromatic N) is 4. The van der Waals surface area contributed by atoms with Crippen molar-refractivity contribution in [3.05, 3.63) is 11.9 Å². The average molecular weight is 247 g/mol. The van der Waals surface area contributed by atoms with Crippen molar-refractivity contribution in [2.24, 2.45) is 0 Å². The highest BCUT2D eigenvalue weighted by atomic mass is 15.2. The maximum absolute atomic E-state index is 8.74. The smallest absolute Gasteiger partial charge is 0.138 e. The molecule has 98 valence electrons. The van der Waals surface area contributed by atoms with Crippen LogP contribution in [0.5, 0.6) is 0 Å². The van der Waals surface area contributed by atoms with Crippen molar-refractivity contribution in [3.8, 4) is 6.07 Å². The summed E-state index contributed by atoms with van der Waals surface area (Å²) >= 11 is 0. The monoisotopic (exact) mass is 247 g/mol. The van der Waals surface area contributed by atoms with Crippen molar-refractivity contribution in [2.75, 3.05) is 17.7 Å². The summed E-state index contributed by atoms with van der Waals surface area (Å²) in [6, 6.07) is 4.00. The maximum Gasteiger partial charge on any atom is 0.138 e. The lowest BCUT2D eigenvalue weighted by Gasteiger charge is -2.26. The Bertz CT molecular complexity index is 455. The summed E-state index contributed by atoms with van der Waals surface area (Å²) in [4.78, 5) is 10.8. The molecule has 0 saturated heterocycles. The van der Waals surface area contributed by atoms with E-state index in [9.17, 15) is 0 Å². The summed E-state index contributed by atoms with van der Waals surface area (Å²) in [5.41, 5.74) is 5.68. The number of anilines is 2. The van der Waals surface area contributed by atoms with Crippen LogP contribution in [0.15, 0.2) is 6.07 Å². The van der Waals surface area contributed by atoms with Crippen molar-refractivity contribution in [1.82, 2.24) is 9.97 Å². The molecule has 0 aliphatic heterocycles. The molecule has 5 heteroatoms. The van der Waals surface area contributed by atoms with Crippen LogP contribution in [0.1, 0.15) is 39.9 Å². The zero-order valence-corrected chi connectivity index (χ0v) is 11.7. The van der Waals surface area contributed by atoms with Crippen LogP contribution in [0.25, 0.3) is 0 Å². The predicted octanol–water partition coefficient (Wildman–Crippen LogP) is 2.09. The third kappa shape index (κ3) is 3.33. The van der Waals surface area contributed by atoms with Gasteiger partial charge in [-0.2, -0.15) is 5.26 Å². The Labute approximate surface area is 109 Å². The van der Waals surface area contributed by atoms with Gasteiger partial charge in [0.15, 0.2) is 0 Å². The molecule has 1 heterocycles. The van der Waals surface area contributed by atoms with Gasteiger partial charge in [-0.3, -0.25) is 0 Å². The van der Waals surface area contributed by atoms with E-state index in [0.717, 1.165) is 5.82 Å². The number of hydrogen-bond acceptors (Lipinski definition) is 5. The zero-order chi connectivity index (χ0) is 13.9. The molecule has 0 spiro atoms. The van der Waals surface area contributed by atoms with Crippen molar-refractivity contribution in [3.63, 3.8) is 0 Å². The van der Waals surface area contributed by atoms with Gasteiger partial charge in [-0.25, -0.2) is 9.97 Å². The molecule has 18 heavy (non-hydrogen) atoms. The molecule has 5 nitrogen and oxygen atoms in total. The lowest BCUT2D eigenvalue weighted by atomic mass is 9.96. The van der Waals surface area contributed by atoms with E-state index >= 15 is 0 Å². The molecule has 0 radical (unpaired) electrons. The van der Waals surface area contributed by atoms with Crippen LogP contribution < -0.4 is 10.6 Å². The molecule has 1 unspecified atom stereocenters. The summed E-state index contributed by atoms with van der Waals surface area (Å²) in [5.74, 6) is 1.93. The molecule has 0 fully saturated rings. The Morgan fingerprint density at radius 1 is 1.44 bits per heavy atom. The zero-order valence-electron chi connectivity index (χ0n) is 11.7. The fourth-order valence-corrected chi connectivity index (χ4v) is 1.46. The topological polar surface area (TPSA) is 78.8 Å². The summed E-state index contributed by atoms with van der Waals surface area (Å²) in [5, 5.41) is 8.74. The number of nitrogen functional groups attached to an aromatic ring is 1. The number of hydrogen-bond donors (Lipinski definition) is 1. The molecule has 0 bridgehead atoms. The Balaban J connectivity index is 3.11. The Morgan fingerprint density at radius 3 is 2.56 bits per heavy atom. The van der Waals surface area contributed by atoms with Crippen LogP contribution in [-0.2, 0) is 5.41 Å². The lowest BCUT2D eigenvalue weighted by Crippen LogP contribution is -2.30. The van der Waals surface area contributed by atoms with E-state index in [0.29, 0.717) is 18.1 Å². The normalized spacial score (nSPS) is 12.9. The number of nitrogens with two attached hydrogens (primary N) is 1. The highest BCUT2D eigenvalue weighted by Crippen LogP contribution is 2.23. The van der Waals surface area contributed by atoms with E-state index in [2.05, 4.69) is 16.0 Å². The van der Waals surface area contributed by atoms with E-state index in [1.54, 1.807) is 6.07 Å². The first-order valence-corrected chi connectivity index (χ1v) is 6.00. The third-order valence-corrected chi connectivity index (χ3v) is 2.81. The second kappa shape index (κ2) is 5.21. The number of rotatable bonds is 3. The van der Waals surface area contributed by atoms with Gasteiger partial charge in [0, 0.05) is 24.6 Å². The molecular weight excluding hydrogens is 226 g/mol. The van der Waals surface area contributed by atoms with Gasteiger partial charge in [-0.1, -0.05) is 20.8 Å². The van der Waals surface area contributed by atoms with E-state index in [-0.39, 0.29) is 11.5 Å².